The van der Waals surface area contributed by atoms with Crippen LogP contribution in [0.5, 0.6) is 0 Å². The summed E-state index contributed by atoms with van der Waals surface area (Å²) in [4.78, 5) is 10.8. The van der Waals surface area contributed by atoms with Gasteiger partial charge in [-0.15, -0.1) is 0 Å². The molecule has 4 nitrogen and oxygen atoms in total. The number of nitrogens with two attached hydrogens (primary N) is 1. The fourth-order valence-corrected chi connectivity index (χ4v) is 1.35. The lowest BCUT2D eigenvalue weighted by Gasteiger charge is -2.06. The second-order valence-corrected chi connectivity index (χ2v) is 3.08. The molecule has 1 heterocycles. The third kappa shape index (κ3) is 2.88. The molecule has 14 heavy (non-hydrogen) atoms. The predicted octanol–water partition coefficient (Wildman–Crippen LogP) is 0.900. The van der Waals surface area contributed by atoms with Crippen molar-refractivity contribution >= 4 is 5.97 Å². The van der Waals surface area contributed by atoms with Crippen LogP contribution in [0.1, 0.15) is 18.5 Å². The fourth-order valence-electron chi connectivity index (χ4n) is 1.35. The van der Waals surface area contributed by atoms with Crippen molar-refractivity contribution in [1.82, 2.24) is 4.57 Å². The summed E-state index contributed by atoms with van der Waals surface area (Å²) in [7, 11) is 1.41. The zero-order chi connectivity index (χ0) is 10.4. The molecule has 0 aliphatic carbocycles. The zero-order valence-corrected chi connectivity index (χ0v) is 8.40. The van der Waals surface area contributed by atoms with Crippen molar-refractivity contribution in [3.8, 4) is 0 Å². The summed E-state index contributed by atoms with van der Waals surface area (Å²) < 4.78 is 6.61. The molecule has 1 aromatic rings. The number of methoxy groups -OCH3 is 1. The van der Waals surface area contributed by atoms with E-state index in [1.54, 1.807) is 0 Å². The summed E-state index contributed by atoms with van der Waals surface area (Å²) in [5.41, 5.74) is 6.63. The van der Waals surface area contributed by atoms with Crippen molar-refractivity contribution in [1.29, 1.82) is 0 Å². The molecular formula is C10H16N2O2. The first kappa shape index (κ1) is 10.8. The lowest BCUT2D eigenvalue weighted by atomic mass is 10.3. The van der Waals surface area contributed by atoms with E-state index in [-0.39, 0.29) is 5.97 Å². The number of esters is 1. The summed E-state index contributed by atoms with van der Waals surface area (Å²) in [5, 5.41) is 0. The summed E-state index contributed by atoms with van der Waals surface area (Å²) in [6.07, 6.45) is 3.21. The van der Waals surface area contributed by atoms with Gasteiger partial charge in [-0.3, -0.25) is 4.79 Å². The molecule has 4 heteroatoms. The molecule has 0 aromatic carbocycles. The van der Waals surface area contributed by atoms with Gasteiger partial charge in [0.2, 0.25) is 0 Å². The maximum Gasteiger partial charge on any atom is 0.305 e. The van der Waals surface area contributed by atoms with Crippen LogP contribution < -0.4 is 5.73 Å². The molecule has 0 fully saturated rings. The average molecular weight is 196 g/mol. The van der Waals surface area contributed by atoms with Crippen LogP contribution in [0.2, 0.25) is 0 Å². The first-order valence-corrected chi connectivity index (χ1v) is 4.69. The van der Waals surface area contributed by atoms with Crippen molar-refractivity contribution in [2.75, 3.05) is 7.11 Å². The zero-order valence-electron chi connectivity index (χ0n) is 8.40. The Labute approximate surface area is 83.7 Å². The van der Waals surface area contributed by atoms with E-state index in [0.29, 0.717) is 13.0 Å². The van der Waals surface area contributed by atoms with E-state index in [9.17, 15) is 4.79 Å². The van der Waals surface area contributed by atoms with E-state index < -0.39 is 0 Å². The summed E-state index contributed by atoms with van der Waals surface area (Å²) in [6, 6.07) is 3.94. The number of aromatic nitrogens is 1. The molecule has 1 rings (SSSR count). The quantitative estimate of drug-likeness (QED) is 0.712. The number of aryl methyl sites for hydroxylation is 1. The second-order valence-electron chi connectivity index (χ2n) is 3.08. The Kier molecular flexibility index (Phi) is 4.19. The van der Waals surface area contributed by atoms with E-state index in [1.165, 1.54) is 7.11 Å². The van der Waals surface area contributed by atoms with Gasteiger partial charge in [0.05, 0.1) is 7.11 Å². The van der Waals surface area contributed by atoms with Gasteiger partial charge in [0.15, 0.2) is 0 Å². The average Bonchev–Trinajstić information content (AvgIpc) is 2.65. The van der Waals surface area contributed by atoms with Crippen molar-refractivity contribution in [2.24, 2.45) is 5.73 Å². The molecule has 1 aromatic heterocycles. The normalized spacial score (nSPS) is 10.1. The van der Waals surface area contributed by atoms with Gasteiger partial charge in [-0.25, -0.2) is 0 Å². The summed E-state index contributed by atoms with van der Waals surface area (Å²) in [6.45, 7) is 1.35. The lowest BCUT2D eigenvalue weighted by Crippen LogP contribution is -2.08. The largest absolute Gasteiger partial charge is 0.469 e. The van der Waals surface area contributed by atoms with E-state index in [0.717, 1.165) is 18.7 Å². The Hall–Kier alpha value is -1.29. The highest BCUT2D eigenvalue weighted by Gasteiger charge is 2.01. The summed E-state index contributed by atoms with van der Waals surface area (Å²) >= 11 is 0. The highest BCUT2D eigenvalue weighted by Crippen LogP contribution is 2.04. The van der Waals surface area contributed by atoms with Gasteiger partial charge in [-0.1, -0.05) is 0 Å². The highest BCUT2D eigenvalue weighted by atomic mass is 16.5. The number of carbonyl (C=O) groups excluding carboxylic acids is 1. The van der Waals surface area contributed by atoms with Crippen LogP contribution in [-0.2, 0) is 22.6 Å². The third-order valence-corrected chi connectivity index (χ3v) is 2.14. The lowest BCUT2D eigenvalue weighted by molar-refractivity contribution is -0.140. The molecule has 0 aliphatic heterocycles. The molecule has 0 saturated carbocycles. The molecule has 0 bridgehead atoms. The van der Waals surface area contributed by atoms with Crippen molar-refractivity contribution in [2.45, 2.75) is 25.9 Å². The highest BCUT2D eigenvalue weighted by molar-refractivity contribution is 5.68. The van der Waals surface area contributed by atoms with E-state index >= 15 is 0 Å². The number of ether oxygens (including phenoxy) is 1. The maximum atomic E-state index is 10.8. The topological polar surface area (TPSA) is 57.2 Å². The van der Waals surface area contributed by atoms with Gasteiger partial charge in [-0.05, 0) is 18.6 Å². The first-order valence-electron chi connectivity index (χ1n) is 4.69. The van der Waals surface area contributed by atoms with Crippen LogP contribution in [0.4, 0.5) is 0 Å². The molecule has 0 amide bonds. The Balaban J connectivity index is 2.34. The molecule has 0 spiro atoms. The van der Waals surface area contributed by atoms with Crippen molar-refractivity contribution in [3.05, 3.63) is 24.0 Å². The minimum atomic E-state index is -0.161. The standard InChI is InChI=1S/C10H16N2O2/c1-14-10(13)5-3-7-12-6-2-4-9(12)8-11/h2,4,6H,3,5,7-8,11H2,1H3. The number of carbonyl (C=O) groups is 1. The van der Waals surface area contributed by atoms with Crippen LogP contribution in [0.25, 0.3) is 0 Å². The van der Waals surface area contributed by atoms with Crippen molar-refractivity contribution in [3.63, 3.8) is 0 Å². The third-order valence-electron chi connectivity index (χ3n) is 2.14. The Morgan fingerprint density at radius 3 is 3.07 bits per heavy atom. The fraction of sp³-hybridized carbons (Fsp3) is 0.500. The van der Waals surface area contributed by atoms with Crippen LogP contribution in [0, 0.1) is 0 Å². The molecule has 0 unspecified atom stereocenters. The van der Waals surface area contributed by atoms with Gasteiger partial charge in [0, 0.05) is 31.4 Å². The first-order chi connectivity index (χ1) is 6.77. The number of hydrogen-bond donors (Lipinski definition) is 1. The Morgan fingerprint density at radius 1 is 1.64 bits per heavy atom. The molecule has 78 valence electrons. The molecule has 0 saturated heterocycles. The van der Waals surface area contributed by atoms with Gasteiger partial charge < -0.3 is 15.0 Å². The van der Waals surface area contributed by atoms with Crippen LogP contribution in [0.15, 0.2) is 18.3 Å². The maximum absolute atomic E-state index is 10.8. The van der Waals surface area contributed by atoms with Crippen molar-refractivity contribution < 1.29 is 9.53 Å². The monoisotopic (exact) mass is 196 g/mol. The number of hydrogen-bond acceptors (Lipinski definition) is 3. The van der Waals surface area contributed by atoms with E-state index in [4.69, 9.17) is 5.73 Å². The van der Waals surface area contributed by atoms with Crippen LogP contribution >= 0.6 is 0 Å². The number of rotatable bonds is 5. The van der Waals surface area contributed by atoms with E-state index in [2.05, 4.69) is 9.30 Å². The summed E-state index contributed by atoms with van der Waals surface area (Å²) in [5.74, 6) is -0.161. The predicted molar refractivity (Wildman–Crippen MR) is 53.6 cm³/mol. The Morgan fingerprint density at radius 2 is 2.43 bits per heavy atom. The van der Waals surface area contributed by atoms with Crippen LogP contribution in [0.3, 0.4) is 0 Å². The van der Waals surface area contributed by atoms with Gasteiger partial charge in [-0.2, -0.15) is 0 Å². The molecule has 2 N–H and O–H groups in total. The minimum Gasteiger partial charge on any atom is -0.469 e. The minimum absolute atomic E-state index is 0.161. The molecular weight excluding hydrogens is 180 g/mol. The van der Waals surface area contributed by atoms with Gasteiger partial charge >= 0.3 is 5.97 Å². The van der Waals surface area contributed by atoms with E-state index in [1.807, 2.05) is 18.3 Å². The number of nitrogens with zero attached hydrogens (tertiary/aromatic N) is 1. The molecule has 0 aliphatic rings. The molecule has 0 radical (unpaired) electrons. The Bertz CT molecular complexity index is 294. The molecule has 0 atom stereocenters. The second kappa shape index (κ2) is 5.44. The van der Waals surface area contributed by atoms with Gasteiger partial charge in [0.25, 0.3) is 0 Å². The van der Waals surface area contributed by atoms with Crippen LogP contribution in [-0.4, -0.2) is 17.6 Å². The SMILES string of the molecule is COC(=O)CCCn1cccc1CN. The smallest absolute Gasteiger partial charge is 0.305 e. The van der Waals surface area contributed by atoms with Gasteiger partial charge in [0.1, 0.15) is 0 Å².